The predicted molar refractivity (Wildman–Crippen MR) is 124 cm³/mol. The van der Waals surface area contributed by atoms with E-state index in [1.165, 1.54) is 5.56 Å². The van der Waals surface area contributed by atoms with Crippen molar-refractivity contribution in [1.82, 2.24) is 4.90 Å². The van der Waals surface area contributed by atoms with E-state index < -0.39 is 5.41 Å². The van der Waals surface area contributed by atoms with Gasteiger partial charge >= 0.3 is 0 Å². The van der Waals surface area contributed by atoms with Gasteiger partial charge in [0.2, 0.25) is 11.8 Å². The lowest BCUT2D eigenvalue weighted by atomic mass is 9.91. The van der Waals surface area contributed by atoms with Crippen molar-refractivity contribution in [2.45, 2.75) is 54.1 Å². The Balaban J connectivity index is 1.59. The molecule has 1 aliphatic rings. The first-order valence-corrected chi connectivity index (χ1v) is 11.0. The van der Waals surface area contributed by atoms with Crippen molar-refractivity contribution in [2.24, 2.45) is 11.3 Å². The van der Waals surface area contributed by atoms with E-state index in [9.17, 15) is 9.59 Å². The standard InChI is InChI=1S/C26H34N2O3/c1-18-8-6-9-20(14-18)17-31-22-11-12-23(19(2)15-22)27-24(29)21-10-7-13-28(16-21)25(30)26(3,4)5/h6,8-9,11-12,14-15,21H,7,10,13,16-17H2,1-5H3,(H,27,29). The molecule has 2 aromatic rings. The molecule has 166 valence electrons. The van der Waals surface area contributed by atoms with Crippen molar-refractivity contribution in [3.05, 3.63) is 59.2 Å². The van der Waals surface area contributed by atoms with Gasteiger partial charge in [-0.3, -0.25) is 9.59 Å². The summed E-state index contributed by atoms with van der Waals surface area (Å²) in [6.45, 7) is 11.5. The van der Waals surface area contributed by atoms with Gasteiger partial charge in [0.1, 0.15) is 12.4 Å². The van der Waals surface area contributed by atoms with Crippen molar-refractivity contribution in [3.8, 4) is 5.75 Å². The monoisotopic (exact) mass is 422 g/mol. The molecule has 1 unspecified atom stereocenters. The Morgan fingerprint density at radius 3 is 2.58 bits per heavy atom. The van der Waals surface area contributed by atoms with E-state index in [1.807, 2.05) is 62.9 Å². The summed E-state index contributed by atoms with van der Waals surface area (Å²) in [7, 11) is 0. The van der Waals surface area contributed by atoms with Crippen molar-refractivity contribution in [3.63, 3.8) is 0 Å². The first kappa shape index (κ1) is 22.9. The fraction of sp³-hybridized carbons (Fsp3) is 0.462. The second kappa shape index (κ2) is 9.54. The van der Waals surface area contributed by atoms with Crippen LogP contribution in [0, 0.1) is 25.2 Å². The van der Waals surface area contributed by atoms with E-state index in [2.05, 4.69) is 24.4 Å². The normalized spacial score (nSPS) is 16.7. The Morgan fingerprint density at radius 2 is 1.90 bits per heavy atom. The SMILES string of the molecule is Cc1cccc(COc2ccc(NC(=O)C3CCCN(C(=O)C(C)(C)C)C3)c(C)c2)c1. The molecule has 0 aromatic heterocycles. The van der Waals surface area contributed by atoms with E-state index >= 15 is 0 Å². The fourth-order valence-electron chi connectivity index (χ4n) is 3.92. The molecule has 1 N–H and O–H groups in total. The number of hydrogen-bond acceptors (Lipinski definition) is 3. The van der Waals surface area contributed by atoms with Crippen LogP contribution in [0.5, 0.6) is 5.75 Å². The van der Waals surface area contributed by atoms with E-state index in [4.69, 9.17) is 4.74 Å². The Hall–Kier alpha value is -2.82. The van der Waals surface area contributed by atoms with Crippen LogP contribution in [0.25, 0.3) is 0 Å². The molecule has 5 heteroatoms. The molecule has 5 nitrogen and oxygen atoms in total. The fourth-order valence-corrected chi connectivity index (χ4v) is 3.92. The zero-order valence-corrected chi connectivity index (χ0v) is 19.3. The quantitative estimate of drug-likeness (QED) is 0.729. The van der Waals surface area contributed by atoms with Crippen LogP contribution < -0.4 is 10.1 Å². The van der Waals surface area contributed by atoms with E-state index in [-0.39, 0.29) is 17.7 Å². The number of anilines is 1. The molecule has 31 heavy (non-hydrogen) atoms. The summed E-state index contributed by atoms with van der Waals surface area (Å²) in [4.78, 5) is 27.3. The van der Waals surface area contributed by atoms with Crippen molar-refractivity contribution in [1.29, 1.82) is 0 Å². The van der Waals surface area contributed by atoms with Gasteiger partial charge in [-0.2, -0.15) is 0 Å². The number of ether oxygens (including phenoxy) is 1. The molecule has 0 radical (unpaired) electrons. The number of carbonyl (C=O) groups is 2. The van der Waals surface area contributed by atoms with Crippen molar-refractivity contribution >= 4 is 17.5 Å². The zero-order valence-electron chi connectivity index (χ0n) is 19.3. The number of aryl methyl sites for hydroxylation is 2. The average molecular weight is 423 g/mol. The second-order valence-electron chi connectivity index (χ2n) is 9.58. The molecule has 2 aromatic carbocycles. The third kappa shape index (κ3) is 6.09. The molecule has 0 spiro atoms. The highest BCUT2D eigenvalue weighted by atomic mass is 16.5. The lowest BCUT2D eigenvalue weighted by Crippen LogP contribution is -2.47. The molecule has 1 heterocycles. The van der Waals surface area contributed by atoms with Gasteiger partial charge in [-0.25, -0.2) is 0 Å². The smallest absolute Gasteiger partial charge is 0.229 e. The minimum absolute atomic E-state index is 0.0251. The first-order valence-electron chi connectivity index (χ1n) is 11.0. The molecule has 2 amide bonds. The van der Waals surface area contributed by atoms with Crippen molar-refractivity contribution < 1.29 is 14.3 Å². The molecule has 1 aliphatic heterocycles. The highest BCUT2D eigenvalue weighted by molar-refractivity contribution is 5.94. The van der Waals surface area contributed by atoms with Gasteiger partial charge in [0.05, 0.1) is 5.92 Å². The Morgan fingerprint density at radius 1 is 1.13 bits per heavy atom. The maximum atomic E-state index is 12.9. The molecular weight excluding hydrogens is 388 g/mol. The zero-order chi connectivity index (χ0) is 22.6. The van der Waals surface area contributed by atoms with E-state index in [1.54, 1.807) is 0 Å². The summed E-state index contributed by atoms with van der Waals surface area (Å²) in [5, 5.41) is 3.05. The molecule has 0 aliphatic carbocycles. The molecule has 0 bridgehead atoms. The van der Waals surface area contributed by atoms with Crippen LogP contribution in [0.15, 0.2) is 42.5 Å². The third-order valence-corrected chi connectivity index (χ3v) is 5.66. The van der Waals surface area contributed by atoms with Crippen LogP contribution in [-0.4, -0.2) is 29.8 Å². The number of nitrogens with one attached hydrogen (secondary N) is 1. The highest BCUT2D eigenvalue weighted by Gasteiger charge is 2.33. The molecule has 1 fully saturated rings. The average Bonchev–Trinajstić information content (AvgIpc) is 2.73. The summed E-state index contributed by atoms with van der Waals surface area (Å²) in [6.07, 6.45) is 1.65. The largest absolute Gasteiger partial charge is 0.489 e. The molecular formula is C26H34N2O3. The summed E-state index contributed by atoms with van der Waals surface area (Å²) in [5.74, 6) is 0.674. The second-order valence-corrected chi connectivity index (χ2v) is 9.58. The Bertz CT molecular complexity index is 946. The summed E-state index contributed by atoms with van der Waals surface area (Å²) in [5.41, 5.74) is 3.65. The number of amides is 2. The number of rotatable bonds is 5. The molecule has 0 saturated carbocycles. The molecule has 3 rings (SSSR count). The van der Waals surface area contributed by atoms with Gasteiger partial charge in [0.15, 0.2) is 0 Å². The number of likely N-dealkylation sites (tertiary alicyclic amines) is 1. The van der Waals surface area contributed by atoms with E-state index in [0.29, 0.717) is 13.2 Å². The van der Waals surface area contributed by atoms with Gasteiger partial charge in [-0.1, -0.05) is 50.6 Å². The highest BCUT2D eigenvalue weighted by Crippen LogP contribution is 2.26. The summed E-state index contributed by atoms with van der Waals surface area (Å²) in [6, 6.07) is 14.0. The van der Waals surface area contributed by atoms with Crippen LogP contribution in [0.2, 0.25) is 0 Å². The number of carbonyl (C=O) groups excluding carboxylic acids is 2. The number of hydrogen-bond donors (Lipinski definition) is 1. The molecule has 1 saturated heterocycles. The number of nitrogens with zero attached hydrogens (tertiary/aromatic N) is 1. The minimum Gasteiger partial charge on any atom is -0.489 e. The maximum Gasteiger partial charge on any atom is 0.229 e. The lowest BCUT2D eigenvalue weighted by molar-refractivity contribution is -0.142. The number of benzene rings is 2. The van der Waals surface area contributed by atoms with Gasteiger partial charge in [0, 0.05) is 24.2 Å². The van der Waals surface area contributed by atoms with Crippen LogP contribution >= 0.6 is 0 Å². The molecule has 1 atom stereocenters. The Kier molecular flexibility index (Phi) is 7.04. The third-order valence-electron chi connectivity index (χ3n) is 5.66. The minimum atomic E-state index is -0.427. The van der Waals surface area contributed by atoms with Crippen LogP contribution in [-0.2, 0) is 16.2 Å². The van der Waals surface area contributed by atoms with Crippen LogP contribution in [0.4, 0.5) is 5.69 Å². The van der Waals surface area contributed by atoms with Crippen molar-refractivity contribution in [2.75, 3.05) is 18.4 Å². The van der Waals surface area contributed by atoms with Gasteiger partial charge in [0.25, 0.3) is 0 Å². The Labute approximate surface area is 185 Å². The summed E-state index contributed by atoms with van der Waals surface area (Å²) < 4.78 is 5.92. The number of piperidine rings is 1. The predicted octanol–water partition coefficient (Wildman–Crippen LogP) is 5.11. The van der Waals surface area contributed by atoms with Crippen LogP contribution in [0.1, 0.15) is 50.3 Å². The summed E-state index contributed by atoms with van der Waals surface area (Å²) >= 11 is 0. The van der Waals surface area contributed by atoms with Gasteiger partial charge in [-0.15, -0.1) is 0 Å². The van der Waals surface area contributed by atoms with Crippen LogP contribution in [0.3, 0.4) is 0 Å². The lowest BCUT2D eigenvalue weighted by Gasteiger charge is -2.36. The van der Waals surface area contributed by atoms with Gasteiger partial charge < -0.3 is 15.0 Å². The topological polar surface area (TPSA) is 58.6 Å². The van der Waals surface area contributed by atoms with E-state index in [0.717, 1.165) is 42.0 Å². The first-order chi connectivity index (χ1) is 14.6. The maximum absolute atomic E-state index is 12.9. The van der Waals surface area contributed by atoms with Gasteiger partial charge in [-0.05, 0) is 56.0 Å².